The monoisotopic (exact) mass is 318 g/mol. The molecule has 0 radical (unpaired) electrons. The minimum Gasteiger partial charge on any atom is -0.466 e. The van der Waals surface area contributed by atoms with E-state index in [4.69, 9.17) is 4.74 Å². The second kappa shape index (κ2) is 7.84. The number of Topliss-reactive ketones (excluding diaryl/α,β-unsaturated/α-hetero) is 2. The van der Waals surface area contributed by atoms with Crippen LogP contribution in [-0.2, 0) is 14.3 Å². The fourth-order valence-electron chi connectivity index (χ4n) is 2.13. The number of benzene rings is 1. The van der Waals surface area contributed by atoms with E-state index in [1.165, 1.54) is 0 Å². The van der Waals surface area contributed by atoms with E-state index in [2.05, 4.69) is 0 Å². The molecule has 0 saturated carbocycles. The lowest BCUT2D eigenvalue weighted by Gasteiger charge is -2.03. The largest absolute Gasteiger partial charge is 0.466 e. The number of ketones is 2. The van der Waals surface area contributed by atoms with Crippen LogP contribution in [0.1, 0.15) is 43.0 Å². The summed E-state index contributed by atoms with van der Waals surface area (Å²) >= 11 is 1.59. The Morgan fingerprint density at radius 1 is 1.05 bits per heavy atom. The summed E-state index contributed by atoms with van der Waals surface area (Å²) in [6.45, 7) is 2.04. The Morgan fingerprint density at radius 2 is 1.82 bits per heavy atom. The molecule has 0 aliphatic rings. The van der Waals surface area contributed by atoms with Gasteiger partial charge in [0.25, 0.3) is 0 Å². The number of esters is 1. The van der Waals surface area contributed by atoms with Crippen LogP contribution < -0.4 is 0 Å². The topological polar surface area (TPSA) is 60.4 Å². The fraction of sp³-hybridized carbons (Fsp3) is 0.353. The Balaban J connectivity index is 1.81. The molecule has 1 aromatic heterocycles. The molecule has 2 aromatic rings. The maximum atomic E-state index is 12.1. The standard InChI is InChI=1S/C17H18O4S/c1-2-21-17(20)8-6-14(18)5-7-15(19)13-4-3-12-9-10-22-16(12)11-13/h3-4,9-11H,2,5-8H2,1H3. The van der Waals surface area contributed by atoms with Crippen LogP contribution in [0.5, 0.6) is 0 Å². The van der Waals surface area contributed by atoms with E-state index in [1.807, 2.05) is 23.6 Å². The normalized spacial score (nSPS) is 10.6. The lowest BCUT2D eigenvalue weighted by atomic mass is 10.0. The van der Waals surface area contributed by atoms with E-state index < -0.39 is 0 Å². The molecule has 0 N–H and O–H groups in total. The van der Waals surface area contributed by atoms with Gasteiger partial charge in [-0.25, -0.2) is 0 Å². The Kier molecular flexibility index (Phi) is 5.83. The third-order valence-electron chi connectivity index (χ3n) is 3.32. The van der Waals surface area contributed by atoms with Crippen LogP contribution in [0.3, 0.4) is 0 Å². The first-order chi connectivity index (χ1) is 10.6. The molecule has 22 heavy (non-hydrogen) atoms. The summed E-state index contributed by atoms with van der Waals surface area (Å²) in [4.78, 5) is 35.0. The third-order valence-corrected chi connectivity index (χ3v) is 4.20. The van der Waals surface area contributed by atoms with Crippen molar-refractivity contribution in [2.24, 2.45) is 0 Å². The van der Waals surface area contributed by atoms with Crippen LogP contribution in [0, 0.1) is 0 Å². The van der Waals surface area contributed by atoms with Crippen LogP contribution in [0.2, 0.25) is 0 Å². The summed E-state index contributed by atoms with van der Waals surface area (Å²) in [6.07, 6.45) is 0.567. The zero-order valence-corrected chi connectivity index (χ0v) is 13.3. The summed E-state index contributed by atoms with van der Waals surface area (Å²) in [7, 11) is 0. The Labute approximate surface area is 133 Å². The molecule has 116 valence electrons. The van der Waals surface area contributed by atoms with Gasteiger partial charge in [0.1, 0.15) is 5.78 Å². The van der Waals surface area contributed by atoms with Gasteiger partial charge in [0.2, 0.25) is 0 Å². The summed E-state index contributed by atoms with van der Waals surface area (Å²) in [5.41, 5.74) is 0.633. The molecule has 1 aromatic carbocycles. The van der Waals surface area contributed by atoms with Gasteiger partial charge < -0.3 is 4.74 Å². The van der Waals surface area contributed by atoms with Crippen LogP contribution in [-0.4, -0.2) is 24.1 Å². The number of rotatable bonds is 8. The lowest BCUT2D eigenvalue weighted by molar-refractivity contribution is -0.144. The highest BCUT2D eigenvalue weighted by Crippen LogP contribution is 2.22. The molecule has 5 heteroatoms. The minimum absolute atomic E-state index is 0.0419. The van der Waals surface area contributed by atoms with E-state index in [0.29, 0.717) is 12.2 Å². The van der Waals surface area contributed by atoms with Crippen LogP contribution in [0.4, 0.5) is 0 Å². The Morgan fingerprint density at radius 3 is 2.59 bits per heavy atom. The Hall–Kier alpha value is -2.01. The molecular formula is C17H18O4S. The average molecular weight is 318 g/mol. The van der Waals surface area contributed by atoms with Crippen molar-refractivity contribution in [2.45, 2.75) is 32.6 Å². The number of fused-ring (bicyclic) bond motifs is 1. The fourth-order valence-corrected chi connectivity index (χ4v) is 2.95. The van der Waals surface area contributed by atoms with E-state index in [0.717, 1.165) is 10.1 Å². The molecule has 0 aliphatic heterocycles. The van der Waals surface area contributed by atoms with Crippen molar-refractivity contribution in [3.05, 3.63) is 35.2 Å². The van der Waals surface area contributed by atoms with Crippen molar-refractivity contribution < 1.29 is 19.1 Å². The van der Waals surface area contributed by atoms with Gasteiger partial charge in [0, 0.05) is 29.5 Å². The highest BCUT2D eigenvalue weighted by Gasteiger charge is 2.12. The van der Waals surface area contributed by atoms with Gasteiger partial charge in [-0.15, -0.1) is 11.3 Å². The van der Waals surface area contributed by atoms with Crippen LogP contribution in [0.15, 0.2) is 29.6 Å². The number of hydrogen-bond donors (Lipinski definition) is 0. The molecule has 4 nitrogen and oxygen atoms in total. The van der Waals surface area contributed by atoms with Crippen molar-refractivity contribution >= 4 is 39.0 Å². The van der Waals surface area contributed by atoms with Gasteiger partial charge in [0.15, 0.2) is 5.78 Å². The number of carbonyl (C=O) groups excluding carboxylic acids is 3. The van der Waals surface area contributed by atoms with Gasteiger partial charge in [0.05, 0.1) is 13.0 Å². The number of hydrogen-bond acceptors (Lipinski definition) is 5. The molecule has 0 aliphatic carbocycles. The molecule has 0 atom stereocenters. The van der Waals surface area contributed by atoms with Gasteiger partial charge in [-0.1, -0.05) is 12.1 Å². The third kappa shape index (κ3) is 4.49. The summed E-state index contributed by atoms with van der Waals surface area (Å²) < 4.78 is 5.83. The molecule has 0 saturated heterocycles. The Bertz CT molecular complexity index is 687. The first-order valence-corrected chi connectivity index (χ1v) is 8.16. The summed E-state index contributed by atoms with van der Waals surface area (Å²) in [6, 6.07) is 7.58. The van der Waals surface area contributed by atoms with Gasteiger partial charge in [-0.05, 0) is 29.8 Å². The number of thiophene rings is 1. The zero-order valence-electron chi connectivity index (χ0n) is 12.5. The lowest BCUT2D eigenvalue weighted by Crippen LogP contribution is -2.09. The van der Waals surface area contributed by atoms with Crippen molar-refractivity contribution in [2.75, 3.05) is 6.61 Å². The molecule has 0 unspecified atom stereocenters. The van der Waals surface area contributed by atoms with E-state index >= 15 is 0 Å². The first-order valence-electron chi connectivity index (χ1n) is 7.28. The predicted molar refractivity (Wildman–Crippen MR) is 86.3 cm³/mol. The smallest absolute Gasteiger partial charge is 0.306 e. The minimum atomic E-state index is -0.370. The number of carbonyl (C=O) groups is 3. The highest BCUT2D eigenvalue weighted by atomic mass is 32.1. The van der Waals surface area contributed by atoms with Crippen molar-refractivity contribution in [1.29, 1.82) is 0 Å². The van der Waals surface area contributed by atoms with E-state index in [9.17, 15) is 14.4 Å². The molecule has 0 amide bonds. The van der Waals surface area contributed by atoms with Crippen molar-refractivity contribution in [3.8, 4) is 0 Å². The maximum absolute atomic E-state index is 12.1. The maximum Gasteiger partial charge on any atom is 0.306 e. The second-order valence-electron chi connectivity index (χ2n) is 4.94. The van der Waals surface area contributed by atoms with Crippen molar-refractivity contribution in [1.82, 2.24) is 0 Å². The van der Waals surface area contributed by atoms with Crippen molar-refractivity contribution in [3.63, 3.8) is 0 Å². The SMILES string of the molecule is CCOC(=O)CCC(=O)CCC(=O)c1ccc2ccsc2c1. The molecule has 0 bridgehead atoms. The van der Waals surface area contributed by atoms with Gasteiger partial charge in [-0.3, -0.25) is 14.4 Å². The molecule has 2 rings (SSSR count). The quantitative estimate of drug-likeness (QED) is 0.549. The van der Waals surface area contributed by atoms with E-state index in [-0.39, 0.29) is 43.2 Å². The van der Waals surface area contributed by atoms with Gasteiger partial charge in [-0.2, -0.15) is 0 Å². The average Bonchev–Trinajstić information content (AvgIpc) is 2.98. The van der Waals surface area contributed by atoms with Gasteiger partial charge >= 0.3 is 5.97 Å². The zero-order chi connectivity index (χ0) is 15.9. The van der Waals surface area contributed by atoms with Crippen LogP contribution >= 0.6 is 11.3 Å². The first kappa shape index (κ1) is 16.4. The van der Waals surface area contributed by atoms with E-state index in [1.54, 1.807) is 24.3 Å². The second-order valence-corrected chi connectivity index (χ2v) is 5.89. The predicted octanol–water partition coefficient (Wildman–Crippen LogP) is 3.78. The summed E-state index contributed by atoms with van der Waals surface area (Å²) in [5, 5.41) is 3.10. The highest BCUT2D eigenvalue weighted by molar-refractivity contribution is 7.17. The molecule has 0 spiro atoms. The number of ether oxygens (including phenoxy) is 1. The molecule has 0 fully saturated rings. The molecule has 1 heterocycles. The summed E-state index contributed by atoms with van der Waals surface area (Å²) in [5.74, 6) is -0.497. The van der Waals surface area contributed by atoms with Crippen LogP contribution in [0.25, 0.3) is 10.1 Å². The molecular weight excluding hydrogens is 300 g/mol.